The van der Waals surface area contributed by atoms with Gasteiger partial charge in [0, 0.05) is 18.4 Å². The third kappa shape index (κ3) is 4.67. The number of nitrogens with one attached hydrogen (secondary N) is 1. The highest BCUT2D eigenvalue weighted by Crippen LogP contribution is 2.24. The molecule has 3 rings (SSSR count). The summed E-state index contributed by atoms with van der Waals surface area (Å²) in [6, 6.07) is 8.37. The lowest BCUT2D eigenvalue weighted by atomic mass is 9.94. The largest absolute Gasteiger partial charge is 0.497 e. The molecule has 1 saturated carbocycles. The average molecular weight is 363 g/mol. The van der Waals surface area contributed by atoms with Crippen molar-refractivity contribution in [3.63, 3.8) is 0 Å². The number of methoxy groups -OCH3 is 1. The molecule has 25 heavy (non-hydrogen) atoms. The SMILES string of the molecule is COc1ccc(S(=O)(=O)NC2CCC(Oc3ncccn3)CC2)cc1. The molecular formula is C17H21N3O4S. The quantitative estimate of drug-likeness (QED) is 0.846. The van der Waals surface area contributed by atoms with Crippen LogP contribution in [0.15, 0.2) is 47.6 Å². The van der Waals surface area contributed by atoms with E-state index in [0.717, 1.165) is 12.8 Å². The van der Waals surface area contributed by atoms with Crippen LogP contribution in [-0.4, -0.2) is 37.6 Å². The summed E-state index contributed by atoms with van der Waals surface area (Å²) < 4.78 is 38.5. The molecule has 0 aliphatic heterocycles. The second-order valence-electron chi connectivity index (χ2n) is 5.92. The van der Waals surface area contributed by atoms with E-state index in [0.29, 0.717) is 24.6 Å². The molecule has 7 nitrogen and oxygen atoms in total. The minimum Gasteiger partial charge on any atom is -0.497 e. The number of hydrogen-bond acceptors (Lipinski definition) is 6. The van der Waals surface area contributed by atoms with Crippen molar-refractivity contribution in [3.05, 3.63) is 42.7 Å². The molecule has 8 heteroatoms. The van der Waals surface area contributed by atoms with Gasteiger partial charge < -0.3 is 9.47 Å². The number of ether oxygens (including phenoxy) is 2. The Morgan fingerprint density at radius 2 is 1.68 bits per heavy atom. The first-order valence-electron chi connectivity index (χ1n) is 8.17. The summed E-state index contributed by atoms with van der Waals surface area (Å²) in [5, 5.41) is 0. The van der Waals surface area contributed by atoms with Crippen LogP contribution in [0.25, 0.3) is 0 Å². The highest BCUT2D eigenvalue weighted by molar-refractivity contribution is 7.89. The minimum absolute atomic E-state index is 0.0177. The topological polar surface area (TPSA) is 90.4 Å². The monoisotopic (exact) mass is 363 g/mol. The summed E-state index contributed by atoms with van der Waals surface area (Å²) in [7, 11) is -1.99. The fraction of sp³-hybridized carbons (Fsp3) is 0.412. The van der Waals surface area contributed by atoms with Gasteiger partial charge in [0.05, 0.1) is 12.0 Å². The number of nitrogens with zero attached hydrogens (tertiary/aromatic N) is 2. The van der Waals surface area contributed by atoms with Crippen molar-refractivity contribution in [1.29, 1.82) is 0 Å². The van der Waals surface area contributed by atoms with Crippen LogP contribution in [0.3, 0.4) is 0 Å². The number of sulfonamides is 1. The van der Waals surface area contributed by atoms with Crippen molar-refractivity contribution in [1.82, 2.24) is 14.7 Å². The third-order valence-electron chi connectivity index (χ3n) is 4.18. The summed E-state index contributed by atoms with van der Waals surface area (Å²) in [5.41, 5.74) is 0. The lowest BCUT2D eigenvalue weighted by Crippen LogP contribution is -2.39. The standard InChI is InChI=1S/C17H21N3O4S/c1-23-14-7-9-16(10-8-14)25(21,22)20-13-3-5-15(6-4-13)24-17-18-11-2-12-19-17/h2,7-13,15,20H,3-6H2,1H3. The van der Waals surface area contributed by atoms with E-state index >= 15 is 0 Å². The van der Waals surface area contributed by atoms with Crippen LogP contribution in [-0.2, 0) is 10.0 Å². The molecule has 134 valence electrons. The molecule has 2 aromatic rings. The van der Waals surface area contributed by atoms with E-state index < -0.39 is 10.0 Å². The summed E-state index contributed by atoms with van der Waals surface area (Å²) in [6.07, 6.45) is 6.24. The maximum atomic E-state index is 12.5. The first-order chi connectivity index (χ1) is 12.1. The van der Waals surface area contributed by atoms with Crippen LogP contribution in [0.2, 0.25) is 0 Å². The summed E-state index contributed by atoms with van der Waals surface area (Å²) in [4.78, 5) is 8.34. The van der Waals surface area contributed by atoms with Crippen molar-refractivity contribution < 1.29 is 17.9 Å². The highest BCUT2D eigenvalue weighted by Gasteiger charge is 2.27. The molecule has 1 aromatic carbocycles. The van der Waals surface area contributed by atoms with E-state index in [1.165, 1.54) is 0 Å². The summed E-state index contributed by atoms with van der Waals surface area (Å²) >= 11 is 0. The minimum atomic E-state index is -3.53. The maximum absolute atomic E-state index is 12.5. The van der Waals surface area contributed by atoms with Crippen molar-refractivity contribution in [3.8, 4) is 11.8 Å². The Bertz CT molecular complexity index is 773. The third-order valence-corrected chi connectivity index (χ3v) is 5.72. The van der Waals surface area contributed by atoms with Gasteiger partial charge in [0.15, 0.2) is 0 Å². The van der Waals surface area contributed by atoms with Gasteiger partial charge in [-0.25, -0.2) is 23.1 Å². The number of benzene rings is 1. The summed E-state index contributed by atoms with van der Waals surface area (Å²) in [6.45, 7) is 0. The lowest BCUT2D eigenvalue weighted by Gasteiger charge is -2.28. The van der Waals surface area contributed by atoms with E-state index in [1.807, 2.05) is 0 Å². The van der Waals surface area contributed by atoms with Crippen LogP contribution >= 0.6 is 0 Å². The molecule has 0 unspecified atom stereocenters. The fourth-order valence-electron chi connectivity index (χ4n) is 2.84. The van der Waals surface area contributed by atoms with Gasteiger partial charge in [-0.15, -0.1) is 0 Å². The molecule has 1 fully saturated rings. The normalized spacial score (nSPS) is 20.8. The van der Waals surface area contributed by atoms with Crippen molar-refractivity contribution in [2.45, 2.75) is 42.7 Å². The van der Waals surface area contributed by atoms with Gasteiger partial charge in [-0.2, -0.15) is 0 Å². The molecular weight excluding hydrogens is 342 g/mol. The second-order valence-corrected chi connectivity index (χ2v) is 7.63. The van der Waals surface area contributed by atoms with E-state index in [9.17, 15) is 8.42 Å². The molecule has 0 atom stereocenters. The van der Waals surface area contributed by atoms with Gasteiger partial charge in [-0.3, -0.25) is 0 Å². The Labute approximate surface area is 147 Å². The Morgan fingerprint density at radius 1 is 1.04 bits per heavy atom. The maximum Gasteiger partial charge on any atom is 0.316 e. The van der Waals surface area contributed by atoms with E-state index in [2.05, 4.69) is 14.7 Å². The van der Waals surface area contributed by atoms with Crippen LogP contribution in [0.4, 0.5) is 0 Å². The number of rotatable bonds is 6. The molecule has 0 amide bonds. The second kappa shape index (κ2) is 7.79. The predicted octanol–water partition coefficient (Wildman–Crippen LogP) is 2.15. The number of hydrogen-bond donors (Lipinski definition) is 1. The molecule has 0 radical (unpaired) electrons. The van der Waals surface area contributed by atoms with Crippen LogP contribution < -0.4 is 14.2 Å². The molecule has 0 bridgehead atoms. The molecule has 1 N–H and O–H groups in total. The van der Waals surface area contributed by atoms with Crippen molar-refractivity contribution in [2.75, 3.05) is 7.11 Å². The average Bonchev–Trinajstić information content (AvgIpc) is 2.64. The lowest BCUT2D eigenvalue weighted by molar-refractivity contribution is 0.132. The van der Waals surface area contributed by atoms with Crippen LogP contribution in [0.1, 0.15) is 25.7 Å². The Morgan fingerprint density at radius 3 is 2.28 bits per heavy atom. The molecule has 1 aliphatic carbocycles. The van der Waals surface area contributed by atoms with Crippen LogP contribution in [0.5, 0.6) is 11.8 Å². The molecule has 1 aliphatic rings. The summed E-state index contributed by atoms with van der Waals surface area (Å²) in [5.74, 6) is 0.625. The van der Waals surface area contributed by atoms with Crippen LogP contribution in [0, 0.1) is 0 Å². The van der Waals surface area contributed by atoms with Gasteiger partial charge in [-0.1, -0.05) is 0 Å². The first kappa shape index (κ1) is 17.6. The Balaban J connectivity index is 1.54. The first-order valence-corrected chi connectivity index (χ1v) is 9.65. The zero-order chi connectivity index (χ0) is 17.7. The highest BCUT2D eigenvalue weighted by atomic mass is 32.2. The van der Waals surface area contributed by atoms with Gasteiger partial charge in [0.25, 0.3) is 0 Å². The smallest absolute Gasteiger partial charge is 0.316 e. The van der Waals surface area contributed by atoms with Gasteiger partial charge in [0.2, 0.25) is 10.0 Å². The van der Waals surface area contributed by atoms with E-state index in [4.69, 9.17) is 9.47 Å². The molecule has 0 spiro atoms. The van der Waals surface area contributed by atoms with Gasteiger partial charge in [-0.05, 0) is 56.0 Å². The zero-order valence-electron chi connectivity index (χ0n) is 14.0. The van der Waals surface area contributed by atoms with E-state index in [-0.39, 0.29) is 17.0 Å². The van der Waals surface area contributed by atoms with Gasteiger partial charge >= 0.3 is 6.01 Å². The van der Waals surface area contributed by atoms with Crippen molar-refractivity contribution in [2.24, 2.45) is 0 Å². The Kier molecular flexibility index (Phi) is 5.50. The molecule has 1 heterocycles. The Hall–Kier alpha value is -2.19. The molecule has 1 aromatic heterocycles. The molecule has 0 saturated heterocycles. The fourth-order valence-corrected chi connectivity index (χ4v) is 4.14. The van der Waals surface area contributed by atoms with Gasteiger partial charge in [0.1, 0.15) is 11.9 Å². The predicted molar refractivity (Wildman–Crippen MR) is 92.0 cm³/mol. The number of aromatic nitrogens is 2. The van der Waals surface area contributed by atoms with E-state index in [1.54, 1.807) is 49.8 Å². The zero-order valence-corrected chi connectivity index (χ0v) is 14.8. The van der Waals surface area contributed by atoms with Crippen molar-refractivity contribution >= 4 is 10.0 Å².